The van der Waals surface area contributed by atoms with Crippen molar-refractivity contribution in [1.29, 1.82) is 0 Å². The van der Waals surface area contributed by atoms with Crippen LogP contribution in [0.4, 0.5) is 15.3 Å². The number of aliphatic hydroxyl groups excluding tert-OH is 2. The summed E-state index contributed by atoms with van der Waals surface area (Å²) in [6.07, 6.45) is 6.78. The Morgan fingerprint density at radius 2 is 1.66 bits per heavy atom. The molecule has 2 aliphatic carbocycles. The number of nitrogens with one attached hydrogen (secondary N) is 1. The Bertz CT molecular complexity index is 2570. The summed E-state index contributed by atoms with van der Waals surface area (Å²) >= 11 is 0. The lowest BCUT2D eigenvalue weighted by atomic mass is 9.55. The first-order chi connectivity index (χ1) is 35.7. The molecule has 1 saturated carbocycles. The number of oxime groups is 1. The molecular formula is C56H67N3O14. The van der Waals surface area contributed by atoms with Crippen molar-refractivity contribution in [1.82, 2.24) is 4.90 Å². The molecule has 3 N–H and O–H groups in total. The molecule has 0 unspecified atom stereocenters. The van der Waals surface area contributed by atoms with E-state index in [0.29, 0.717) is 72.4 Å². The van der Waals surface area contributed by atoms with E-state index in [4.69, 9.17) is 52.6 Å². The summed E-state index contributed by atoms with van der Waals surface area (Å²) in [5.41, 5.74) is 4.33. The molecule has 6 atom stereocenters. The minimum absolute atomic E-state index is 0.0245. The molecule has 0 radical (unpaired) electrons. The molecule has 0 bridgehead atoms. The summed E-state index contributed by atoms with van der Waals surface area (Å²) < 4.78 is 55.0. The number of amides is 2. The number of carbonyl (C=O) groups is 2. The molecule has 0 spiro atoms. The Morgan fingerprint density at radius 1 is 0.877 bits per heavy atom. The second-order valence-corrected chi connectivity index (χ2v) is 18.2. The number of allylic oxidation sites excluding steroid dienone is 1. The van der Waals surface area contributed by atoms with Gasteiger partial charge in [-0.3, -0.25) is 10.2 Å². The van der Waals surface area contributed by atoms with E-state index >= 15 is 4.79 Å². The molecule has 0 saturated heterocycles. The lowest BCUT2D eigenvalue weighted by Crippen LogP contribution is -2.70. The number of hydrogen-bond donors (Lipinski definition) is 3. The fourth-order valence-electron chi connectivity index (χ4n) is 10.6. The van der Waals surface area contributed by atoms with Gasteiger partial charge in [0.15, 0.2) is 11.5 Å². The quantitative estimate of drug-likeness (QED) is 0.0323. The Hall–Kier alpha value is -6.79. The van der Waals surface area contributed by atoms with Crippen molar-refractivity contribution in [2.75, 3.05) is 66.0 Å². The van der Waals surface area contributed by atoms with Crippen LogP contribution in [0.2, 0.25) is 0 Å². The van der Waals surface area contributed by atoms with Gasteiger partial charge in [-0.25, -0.2) is 9.59 Å². The second-order valence-electron chi connectivity index (χ2n) is 18.2. The highest BCUT2D eigenvalue weighted by molar-refractivity contribution is 6.03. The summed E-state index contributed by atoms with van der Waals surface area (Å²) in [5, 5.41) is 27.7. The van der Waals surface area contributed by atoms with Crippen molar-refractivity contribution in [3.05, 3.63) is 126 Å². The molecule has 2 amide bonds. The van der Waals surface area contributed by atoms with Crippen LogP contribution in [0.15, 0.2) is 114 Å². The number of nitrogens with zero attached hydrogens (tertiary/aromatic N) is 2. The molecule has 2 heterocycles. The van der Waals surface area contributed by atoms with Crippen LogP contribution in [0.5, 0.6) is 34.5 Å². The molecule has 73 heavy (non-hydrogen) atoms. The van der Waals surface area contributed by atoms with E-state index < -0.39 is 35.9 Å². The van der Waals surface area contributed by atoms with Gasteiger partial charge in [0.25, 0.3) is 0 Å². The summed E-state index contributed by atoms with van der Waals surface area (Å²) in [4.78, 5) is 36.3. The van der Waals surface area contributed by atoms with Crippen LogP contribution in [-0.2, 0) is 32.2 Å². The van der Waals surface area contributed by atoms with Gasteiger partial charge in [0, 0.05) is 43.7 Å². The maximum atomic E-state index is 15.1. The Morgan fingerprint density at radius 3 is 2.42 bits per heavy atom. The van der Waals surface area contributed by atoms with E-state index in [1.54, 1.807) is 48.4 Å². The summed E-state index contributed by atoms with van der Waals surface area (Å²) in [5.74, 6) is 0.0459. The fourth-order valence-corrected chi connectivity index (χ4v) is 10.6. The monoisotopic (exact) mass is 1010 g/mol. The average molecular weight is 1010 g/mol. The minimum Gasteiger partial charge on any atom is -0.497 e. The Balaban J connectivity index is 1.24. The van der Waals surface area contributed by atoms with Crippen molar-refractivity contribution < 1.29 is 67.3 Å². The summed E-state index contributed by atoms with van der Waals surface area (Å²) in [6, 6.07) is 24.7. The number of methoxy groups -OCH3 is 2. The zero-order valence-corrected chi connectivity index (χ0v) is 41.8. The van der Waals surface area contributed by atoms with Crippen LogP contribution in [0, 0.1) is 17.8 Å². The van der Waals surface area contributed by atoms with Gasteiger partial charge in [0.05, 0.1) is 51.4 Å². The van der Waals surface area contributed by atoms with Crippen molar-refractivity contribution in [2.45, 2.75) is 82.8 Å². The highest BCUT2D eigenvalue weighted by Crippen LogP contribution is 2.62. The van der Waals surface area contributed by atoms with Gasteiger partial charge in [0.2, 0.25) is 12.6 Å². The molecule has 17 heteroatoms. The van der Waals surface area contributed by atoms with Crippen LogP contribution in [-0.4, -0.2) is 105 Å². The molecule has 4 aliphatic rings. The molecular weight excluding hydrogens is 939 g/mol. The fraction of sp³-hybridized carbons (Fsp3) is 0.446. The topological polar surface area (TPSA) is 195 Å². The number of fused-ring (bicyclic) bond motifs is 3. The van der Waals surface area contributed by atoms with Crippen LogP contribution in [0.3, 0.4) is 0 Å². The maximum absolute atomic E-state index is 15.1. The van der Waals surface area contributed by atoms with Crippen LogP contribution >= 0.6 is 0 Å². The number of anilines is 1. The number of ether oxygens (including phenoxy) is 9. The lowest BCUT2D eigenvalue weighted by molar-refractivity contribution is -0.256. The molecule has 2 aliphatic heterocycles. The number of carbonyl (C=O) groups excluding carboxylic acids is 2. The van der Waals surface area contributed by atoms with Crippen LogP contribution in [0.1, 0.15) is 74.5 Å². The maximum Gasteiger partial charge on any atom is 0.417 e. The van der Waals surface area contributed by atoms with E-state index in [0.717, 1.165) is 35.1 Å². The second kappa shape index (κ2) is 25.2. The third-order valence-corrected chi connectivity index (χ3v) is 13.8. The number of benzene rings is 4. The van der Waals surface area contributed by atoms with Gasteiger partial charge < -0.3 is 57.7 Å². The first kappa shape index (κ1) is 52.5. The van der Waals surface area contributed by atoms with Gasteiger partial charge in [-0.1, -0.05) is 66.5 Å². The molecule has 4 aromatic rings. The van der Waals surface area contributed by atoms with Gasteiger partial charge >= 0.3 is 12.2 Å². The van der Waals surface area contributed by atoms with Crippen molar-refractivity contribution in [2.24, 2.45) is 22.9 Å². The van der Waals surface area contributed by atoms with E-state index in [2.05, 4.69) is 18.0 Å². The first-order valence-corrected chi connectivity index (χ1v) is 25.1. The highest BCUT2D eigenvalue weighted by Gasteiger charge is 2.66. The zero-order valence-electron chi connectivity index (χ0n) is 41.8. The zero-order chi connectivity index (χ0) is 51.2. The van der Waals surface area contributed by atoms with E-state index in [1.807, 2.05) is 61.5 Å². The normalized spacial score (nSPS) is 21.7. The predicted octanol–water partition coefficient (Wildman–Crippen LogP) is 9.55. The standard InChI is InChI=1S/C56H67N3O14/c1-5-26-70-56-51(59(34-38-18-22-48-50(29-38)69-36-68-48)55(63)67-28-27-66-35-37-14-8-7-9-15-37)33-46(58-71-6-2)43-30-39(16-10-12-24-60)42(17-11-13-25-61)52(53(43)56)44-31-41(20-23-47(44)73-56)72-54(62)57-45-21-19-40(64-3)32-49(45)65-4/h5,7-9,14-15,18-23,29-32,39,42,51-53,60-61H,1,6,10-13,16-17,24-28,33-36H2,2-4H3,(H,57,62)/t39-,42+,51-,52+,53+,56+/m0/s1. The summed E-state index contributed by atoms with van der Waals surface area (Å²) in [7, 11) is 3.04. The van der Waals surface area contributed by atoms with Crippen molar-refractivity contribution in [3.8, 4) is 34.5 Å². The number of rotatable bonds is 25. The van der Waals surface area contributed by atoms with Crippen molar-refractivity contribution in [3.63, 3.8) is 0 Å². The Kier molecular flexibility index (Phi) is 18.2. The lowest BCUT2D eigenvalue weighted by Gasteiger charge is -2.59. The molecule has 0 aromatic heterocycles. The smallest absolute Gasteiger partial charge is 0.417 e. The average Bonchev–Trinajstić information content (AvgIpc) is 3.88. The first-order valence-electron chi connectivity index (χ1n) is 25.1. The van der Waals surface area contributed by atoms with Gasteiger partial charge in [0.1, 0.15) is 42.3 Å². The van der Waals surface area contributed by atoms with E-state index in [9.17, 15) is 15.0 Å². The Labute approximate surface area is 426 Å². The van der Waals surface area contributed by atoms with Gasteiger partial charge in [-0.2, -0.15) is 0 Å². The van der Waals surface area contributed by atoms with Crippen LogP contribution in [0.25, 0.3) is 0 Å². The van der Waals surface area contributed by atoms with Gasteiger partial charge in [-0.05, 0) is 104 Å². The molecule has 4 aromatic carbocycles. The number of aliphatic hydroxyl groups is 2. The van der Waals surface area contributed by atoms with E-state index in [-0.39, 0.29) is 77.0 Å². The molecule has 1 fully saturated rings. The van der Waals surface area contributed by atoms with Crippen molar-refractivity contribution >= 4 is 23.6 Å². The molecule has 17 nitrogen and oxygen atoms in total. The molecule has 8 rings (SSSR count). The summed E-state index contributed by atoms with van der Waals surface area (Å²) in [6.45, 7) is 6.89. The number of hydrogen-bond acceptors (Lipinski definition) is 15. The van der Waals surface area contributed by atoms with Gasteiger partial charge in [-0.15, -0.1) is 6.58 Å². The minimum atomic E-state index is -1.60. The SMILES string of the molecule is C=CCO[C@@]12Oc3ccc(OC(=O)Nc4ccc(OC)cc4OC)cc3[C@H]3[C@H](CCCCO)[C@@H](CCCCO)C=C(C(=NOCC)C[C@@H]1N(Cc1ccc4c(c1)OCO4)C(=O)OCCOCc1ccccc1)[C@H]32. The van der Waals surface area contributed by atoms with E-state index in [1.165, 1.54) is 7.11 Å². The largest absolute Gasteiger partial charge is 0.497 e. The third-order valence-electron chi connectivity index (χ3n) is 13.8. The molecule has 390 valence electrons. The highest BCUT2D eigenvalue weighted by atomic mass is 16.7. The van der Waals surface area contributed by atoms with Crippen LogP contribution < -0.4 is 33.7 Å². The number of unbranched alkanes of at least 4 members (excludes halogenated alkanes) is 2. The predicted molar refractivity (Wildman–Crippen MR) is 271 cm³/mol. The third kappa shape index (κ3) is 12.2.